The molecular formula is C22H29N3O3S. The van der Waals surface area contributed by atoms with Crippen molar-refractivity contribution in [1.82, 2.24) is 9.62 Å². The van der Waals surface area contributed by atoms with Crippen molar-refractivity contribution in [3.63, 3.8) is 0 Å². The Kier molecular flexibility index (Phi) is 6.92. The minimum absolute atomic E-state index is 0.0536. The second kappa shape index (κ2) is 9.41. The van der Waals surface area contributed by atoms with Crippen LogP contribution < -0.4 is 10.6 Å². The van der Waals surface area contributed by atoms with Gasteiger partial charge in [0.1, 0.15) is 0 Å². The fraction of sp³-hybridized carbons (Fsp3) is 0.409. The molecule has 3 rings (SSSR count). The minimum atomic E-state index is -3.54. The maximum atomic E-state index is 12.8. The van der Waals surface area contributed by atoms with E-state index in [9.17, 15) is 13.2 Å². The van der Waals surface area contributed by atoms with Crippen molar-refractivity contribution >= 4 is 21.6 Å². The van der Waals surface area contributed by atoms with Gasteiger partial charge >= 0.3 is 0 Å². The molecule has 0 radical (unpaired) electrons. The number of amides is 1. The predicted octanol–water partition coefficient (Wildman–Crippen LogP) is 3.34. The van der Waals surface area contributed by atoms with Crippen LogP contribution >= 0.6 is 0 Å². The lowest BCUT2D eigenvalue weighted by molar-refractivity contribution is 0.0950. The second-order valence-electron chi connectivity index (χ2n) is 7.71. The first-order valence-corrected chi connectivity index (χ1v) is 11.5. The Morgan fingerprint density at radius 1 is 1.03 bits per heavy atom. The van der Waals surface area contributed by atoms with Crippen molar-refractivity contribution in [2.24, 2.45) is 5.92 Å². The summed E-state index contributed by atoms with van der Waals surface area (Å²) in [6, 6.07) is 16.2. The molecule has 2 aromatic carbocycles. The van der Waals surface area contributed by atoms with E-state index >= 15 is 0 Å². The Morgan fingerprint density at radius 2 is 1.72 bits per heavy atom. The number of carbonyl (C=O) groups excluding carboxylic acids is 1. The average molecular weight is 416 g/mol. The zero-order valence-corrected chi connectivity index (χ0v) is 17.8. The third-order valence-electron chi connectivity index (χ3n) is 5.21. The predicted molar refractivity (Wildman–Crippen MR) is 115 cm³/mol. The second-order valence-corrected chi connectivity index (χ2v) is 9.65. The van der Waals surface area contributed by atoms with Crippen molar-refractivity contribution < 1.29 is 13.2 Å². The molecule has 1 aliphatic heterocycles. The normalized spacial score (nSPS) is 16.0. The van der Waals surface area contributed by atoms with Crippen LogP contribution in [0, 0.1) is 5.92 Å². The monoisotopic (exact) mass is 415 g/mol. The van der Waals surface area contributed by atoms with Crippen LogP contribution in [-0.2, 0) is 10.0 Å². The van der Waals surface area contributed by atoms with E-state index in [1.807, 2.05) is 30.3 Å². The molecule has 156 valence electrons. The molecule has 1 atom stereocenters. The van der Waals surface area contributed by atoms with Crippen molar-refractivity contribution in [3.8, 4) is 0 Å². The number of nitrogens with one attached hydrogen (secondary N) is 2. The molecule has 1 fully saturated rings. The molecule has 1 amide bonds. The largest absolute Gasteiger partial charge is 0.380 e. The summed E-state index contributed by atoms with van der Waals surface area (Å²) in [7, 11) is -3.54. The fourth-order valence-corrected chi connectivity index (χ4v) is 4.95. The lowest BCUT2D eigenvalue weighted by Gasteiger charge is -2.24. The molecule has 0 saturated carbocycles. The Morgan fingerprint density at radius 3 is 2.38 bits per heavy atom. The van der Waals surface area contributed by atoms with Gasteiger partial charge in [-0.1, -0.05) is 38.1 Å². The van der Waals surface area contributed by atoms with E-state index in [0.29, 0.717) is 31.1 Å². The molecule has 0 spiro atoms. The average Bonchev–Trinajstić information content (AvgIpc) is 3.27. The lowest BCUT2D eigenvalue weighted by Crippen LogP contribution is -2.39. The van der Waals surface area contributed by atoms with Gasteiger partial charge in [-0.15, -0.1) is 0 Å². The van der Waals surface area contributed by atoms with Crippen molar-refractivity contribution in [3.05, 3.63) is 60.2 Å². The summed E-state index contributed by atoms with van der Waals surface area (Å²) in [5.41, 5.74) is 1.35. The van der Waals surface area contributed by atoms with E-state index in [2.05, 4.69) is 24.5 Å². The highest BCUT2D eigenvalue weighted by atomic mass is 32.2. The van der Waals surface area contributed by atoms with E-state index in [1.165, 1.54) is 10.4 Å². The standard InChI is InChI=1S/C22H29N3O3S/c1-17(2)21(24-19-10-4-3-5-11-19)16-23-22(26)18-9-8-12-20(15-18)29(27,28)25-13-6-7-14-25/h3-5,8-12,15,17,21,24H,6-7,13-14,16H2,1-2H3,(H,23,26)/t21-/m1/s1. The zero-order chi connectivity index (χ0) is 20.9. The van der Waals surface area contributed by atoms with Crippen LogP contribution in [0.1, 0.15) is 37.0 Å². The third-order valence-corrected chi connectivity index (χ3v) is 7.11. The number of para-hydroxylation sites is 1. The van der Waals surface area contributed by atoms with E-state index in [-0.39, 0.29) is 16.8 Å². The molecule has 0 aromatic heterocycles. The topological polar surface area (TPSA) is 78.5 Å². The van der Waals surface area contributed by atoms with Crippen LogP contribution in [0.2, 0.25) is 0 Å². The van der Waals surface area contributed by atoms with Crippen LogP contribution in [0.25, 0.3) is 0 Å². The maximum Gasteiger partial charge on any atom is 0.251 e. The quantitative estimate of drug-likeness (QED) is 0.693. The highest BCUT2D eigenvalue weighted by Crippen LogP contribution is 2.21. The number of sulfonamides is 1. The summed E-state index contributed by atoms with van der Waals surface area (Å²) in [6.45, 7) is 5.71. The summed E-state index contributed by atoms with van der Waals surface area (Å²) in [5.74, 6) is 0.0290. The van der Waals surface area contributed by atoms with Crippen molar-refractivity contribution in [1.29, 1.82) is 0 Å². The van der Waals surface area contributed by atoms with Gasteiger partial charge in [-0.3, -0.25) is 4.79 Å². The number of benzene rings is 2. The van der Waals surface area contributed by atoms with Crippen molar-refractivity contribution in [2.75, 3.05) is 25.0 Å². The minimum Gasteiger partial charge on any atom is -0.380 e. The molecule has 29 heavy (non-hydrogen) atoms. The molecule has 1 aliphatic rings. The third kappa shape index (κ3) is 5.36. The van der Waals surface area contributed by atoms with E-state index in [4.69, 9.17) is 0 Å². The highest BCUT2D eigenvalue weighted by molar-refractivity contribution is 7.89. The van der Waals surface area contributed by atoms with Gasteiger partial charge in [0, 0.05) is 36.9 Å². The molecule has 1 heterocycles. The van der Waals surface area contributed by atoms with Gasteiger partial charge in [0.05, 0.1) is 4.90 Å². The van der Waals surface area contributed by atoms with Crippen molar-refractivity contribution in [2.45, 2.75) is 37.6 Å². The molecule has 2 N–H and O–H groups in total. The number of anilines is 1. The first kappa shape index (κ1) is 21.3. The van der Waals surface area contributed by atoms with Crippen LogP contribution in [0.3, 0.4) is 0 Å². The summed E-state index contributed by atoms with van der Waals surface area (Å²) in [5, 5.41) is 6.38. The van der Waals surface area contributed by atoms with Gasteiger partial charge < -0.3 is 10.6 Å². The first-order valence-electron chi connectivity index (χ1n) is 10.1. The number of hydrogen-bond acceptors (Lipinski definition) is 4. The Hall–Kier alpha value is -2.38. The van der Waals surface area contributed by atoms with Crippen LogP contribution in [-0.4, -0.2) is 44.3 Å². The van der Waals surface area contributed by atoms with E-state index in [0.717, 1.165) is 18.5 Å². The van der Waals surface area contributed by atoms with Gasteiger partial charge in [-0.2, -0.15) is 4.31 Å². The highest BCUT2D eigenvalue weighted by Gasteiger charge is 2.27. The molecule has 1 saturated heterocycles. The molecule has 6 nitrogen and oxygen atoms in total. The summed E-state index contributed by atoms with van der Waals surface area (Å²) in [6.07, 6.45) is 1.76. The van der Waals surface area contributed by atoms with Gasteiger partial charge in [-0.25, -0.2) is 8.42 Å². The van der Waals surface area contributed by atoms with Crippen LogP contribution in [0.4, 0.5) is 5.69 Å². The number of rotatable bonds is 8. The molecular weight excluding hydrogens is 386 g/mol. The molecule has 0 unspecified atom stereocenters. The SMILES string of the molecule is CC(C)[C@@H](CNC(=O)c1cccc(S(=O)(=O)N2CCCC2)c1)Nc1ccccc1. The number of nitrogens with zero attached hydrogens (tertiary/aromatic N) is 1. The summed E-state index contributed by atoms with van der Waals surface area (Å²) < 4.78 is 27.0. The van der Waals surface area contributed by atoms with E-state index < -0.39 is 10.0 Å². The Labute approximate surface area is 173 Å². The summed E-state index contributed by atoms with van der Waals surface area (Å²) in [4.78, 5) is 12.9. The van der Waals surface area contributed by atoms with E-state index in [1.54, 1.807) is 18.2 Å². The molecule has 7 heteroatoms. The van der Waals surface area contributed by atoms with Gasteiger partial charge in [0.25, 0.3) is 5.91 Å². The number of hydrogen-bond donors (Lipinski definition) is 2. The van der Waals surface area contributed by atoms with Gasteiger partial charge in [0.15, 0.2) is 0 Å². The smallest absolute Gasteiger partial charge is 0.251 e. The zero-order valence-electron chi connectivity index (χ0n) is 17.0. The first-order chi connectivity index (χ1) is 13.9. The fourth-order valence-electron chi connectivity index (χ4n) is 3.38. The Balaban J connectivity index is 1.67. The lowest BCUT2D eigenvalue weighted by atomic mass is 10.0. The van der Waals surface area contributed by atoms with Crippen LogP contribution in [0.15, 0.2) is 59.5 Å². The number of carbonyl (C=O) groups is 1. The van der Waals surface area contributed by atoms with Crippen LogP contribution in [0.5, 0.6) is 0 Å². The molecule has 0 bridgehead atoms. The van der Waals surface area contributed by atoms with Gasteiger partial charge in [0.2, 0.25) is 10.0 Å². The molecule has 2 aromatic rings. The Bertz CT molecular complexity index is 923. The maximum absolute atomic E-state index is 12.8. The molecule has 0 aliphatic carbocycles. The summed E-state index contributed by atoms with van der Waals surface area (Å²) >= 11 is 0. The van der Waals surface area contributed by atoms with Gasteiger partial charge in [-0.05, 0) is 49.1 Å².